The fourth-order valence-electron chi connectivity index (χ4n) is 5.34. The molecule has 5 aromatic rings. The fourth-order valence-corrected chi connectivity index (χ4v) is 6.25. The number of benzene rings is 4. The summed E-state index contributed by atoms with van der Waals surface area (Å²) < 4.78 is 87.5. The van der Waals surface area contributed by atoms with Gasteiger partial charge in [-0.1, -0.05) is 54.6 Å². The second-order valence-corrected chi connectivity index (χ2v) is 13.7. The van der Waals surface area contributed by atoms with Gasteiger partial charge in [0.1, 0.15) is 17.3 Å². The number of halogens is 4. The highest BCUT2D eigenvalue weighted by atomic mass is 32.2. The van der Waals surface area contributed by atoms with Gasteiger partial charge in [0, 0.05) is 37.4 Å². The topological polar surface area (TPSA) is 148 Å². The van der Waals surface area contributed by atoms with Gasteiger partial charge < -0.3 is 20.7 Å². The zero-order valence-electron chi connectivity index (χ0n) is 28.3. The number of nitrogens with one attached hydrogen (secondary N) is 3. The molecule has 0 spiro atoms. The van der Waals surface area contributed by atoms with Gasteiger partial charge in [-0.25, -0.2) is 17.5 Å². The molecule has 16 heteroatoms. The number of alkyl halides is 3. The standard InChI is InChI=1S/C37H33F4N5O6S/c1-52-25-13-15-30(27(21-25)35(48)43-19-17-34(47)42-18-16-23-8-4-3-5-9-23)46-31(22-33(45-46)37(39,40)41)36(49)44-29-14-12-24(20-28(29)38)26-10-6-7-11-32(26)53(2,50)51/h3-15,20-22H,16-19H2,1-2H3,(H,42,47)(H,43,48)(H,44,49). The molecule has 1 aromatic heterocycles. The molecule has 1 heterocycles. The number of hydrogen-bond donors (Lipinski definition) is 3. The predicted octanol–water partition coefficient (Wildman–Crippen LogP) is 5.84. The number of nitrogens with zero attached hydrogens (tertiary/aromatic N) is 2. The number of rotatable bonds is 13. The van der Waals surface area contributed by atoms with Crippen molar-refractivity contribution in [3.05, 3.63) is 125 Å². The minimum atomic E-state index is -5.01. The van der Waals surface area contributed by atoms with Gasteiger partial charge in [0.05, 0.1) is 28.9 Å². The Bertz CT molecular complexity index is 2260. The molecule has 3 amide bonds. The van der Waals surface area contributed by atoms with E-state index < -0.39 is 50.7 Å². The van der Waals surface area contributed by atoms with E-state index in [1.165, 1.54) is 49.6 Å². The highest BCUT2D eigenvalue weighted by Gasteiger charge is 2.37. The van der Waals surface area contributed by atoms with Gasteiger partial charge in [-0.2, -0.15) is 18.3 Å². The van der Waals surface area contributed by atoms with Crippen LogP contribution in [0.4, 0.5) is 23.2 Å². The highest BCUT2D eigenvalue weighted by Crippen LogP contribution is 2.33. The molecular weight excluding hydrogens is 718 g/mol. The number of methoxy groups -OCH3 is 1. The van der Waals surface area contributed by atoms with Gasteiger partial charge in [-0.15, -0.1) is 0 Å². The molecular formula is C37H33F4N5O6S. The van der Waals surface area contributed by atoms with Crippen molar-refractivity contribution >= 4 is 33.2 Å². The number of carbonyl (C=O) groups excluding carboxylic acids is 3. The Kier molecular flexibility index (Phi) is 11.6. The van der Waals surface area contributed by atoms with E-state index >= 15 is 4.39 Å². The average molecular weight is 752 g/mol. The Balaban J connectivity index is 1.38. The van der Waals surface area contributed by atoms with Gasteiger partial charge in [0.15, 0.2) is 15.5 Å². The molecule has 0 saturated heterocycles. The van der Waals surface area contributed by atoms with Crippen LogP contribution >= 0.6 is 0 Å². The molecule has 0 atom stereocenters. The van der Waals surface area contributed by atoms with Gasteiger partial charge in [-0.05, 0) is 53.9 Å². The summed E-state index contributed by atoms with van der Waals surface area (Å²) in [5, 5.41) is 11.1. The summed E-state index contributed by atoms with van der Waals surface area (Å²) in [6.07, 6.45) is -3.51. The van der Waals surface area contributed by atoms with Crippen molar-refractivity contribution in [3.8, 4) is 22.6 Å². The third kappa shape index (κ3) is 9.45. The third-order valence-corrected chi connectivity index (χ3v) is 9.10. The molecule has 276 valence electrons. The van der Waals surface area contributed by atoms with Gasteiger partial charge >= 0.3 is 6.18 Å². The molecule has 0 saturated carbocycles. The maximum absolute atomic E-state index is 15.4. The molecule has 0 aliphatic heterocycles. The van der Waals surface area contributed by atoms with Crippen molar-refractivity contribution in [3.63, 3.8) is 0 Å². The van der Waals surface area contributed by atoms with E-state index in [0.717, 1.165) is 24.0 Å². The molecule has 3 N–H and O–H groups in total. The summed E-state index contributed by atoms with van der Waals surface area (Å²) in [5.74, 6) is -3.19. The molecule has 0 fully saturated rings. The zero-order valence-corrected chi connectivity index (χ0v) is 29.1. The first kappa shape index (κ1) is 38.2. The van der Waals surface area contributed by atoms with Crippen LogP contribution in [0, 0.1) is 5.82 Å². The van der Waals surface area contributed by atoms with Gasteiger partial charge in [-0.3, -0.25) is 14.4 Å². The Labute approximate surface area is 301 Å². The van der Waals surface area contributed by atoms with Crippen LogP contribution in [-0.4, -0.2) is 62.4 Å². The third-order valence-electron chi connectivity index (χ3n) is 7.94. The molecule has 0 unspecified atom stereocenters. The minimum absolute atomic E-state index is 0.0544. The molecule has 11 nitrogen and oxygen atoms in total. The highest BCUT2D eigenvalue weighted by molar-refractivity contribution is 7.90. The molecule has 5 rings (SSSR count). The predicted molar refractivity (Wildman–Crippen MR) is 188 cm³/mol. The quantitative estimate of drug-likeness (QED) is 0.128. The summed E-state index contributed by atoms with van der Waals surface area (Å²) >= 11 is 0. The smallest absolute Gasteiger partial charge is 0.435 e. The average Bonchev–Trinajstić information content (AvgIpc) is 3.59. The zero-order chi connectivity index (χ0) is 38.3. The first-order valence-electron chi connectivity index (χ1n) is 16.0. The lowest BCUT2D eigenvalue weighted by Crippen LogP contribution is -2.32. The first-order valence-corrected chi connectivity index (χ1v) is 17.9. The SMILES string of the molecule is COc1ccc(-n2nc(C(F)(F)F)cc2C(=O)Nc2ccc(-c3ccccc3S(C)(=O)=O)cc2F)c(C(=O)NCCC(=O)NCCc2ccccc2)c1. The number of anilines is 1. The summed E-state index contributed by atoms with van der Waals surface area (Å²) in [6.45, 7) is 0.241. The van der Waals surface area contributed by atoms with Gasteiger partial charge in [0.25, 0.3) is 11.8 Å². The van der Waals surface area contributed by atoms with E-state index in [2.05, 4.69) is 21.0 Å². The molecule has 0 aliphatic rings. The molecule has 0 aliphatic carbocycles. The second-order valence-electron chi connectivity index (χ2n) is 11.7. The monoisotopic (exact) mass is 751 g/mol. The van der Waals surface area contributed by atoms with E-state index in [-0.39, 0.29) is 51.9 Å². The maximum Gasteiger partial charge on any atom is 0.435 e. The Morgan fingerprint density at radius 1 is 0.849 bits per heavy atom. The van der Waals surface area contributed by atoms with E-state index in [1.807, 2.05) is 30.3 Å². The largest absolute Gasteiger partial charge is 0.497 e. The van der Waals surface area contributed by atoms with Crippen LogP contribution in [0.15, 0.2) is 102 Å². The maximum atomic E-state index is 15.4. The van der Waals surface area contributed by atoms with Crippen LogP contribution in [0.5, 0.6) is 5.75 Å². The minimum Gasteiger partial charge on any atom is -0.497 e. The van der Waals surface area contributed by atoms with E-state index in [9.17, 15) is 36.0 Å². The lowest BCUT2D eigenvalue weighted by Gasteiger charge is -2.15. The number of ether oxygens (including phenoxy) is 1. The first-order chi connectivity index (χ1) is 25.2. The van der Waals surface area contributed by atoms with E-state index in [1.54, 1.807) is 6.07 Å². The Morgan fingerprint density at radius 2 is 1.57 bits per heavy atom. The summed E-state index contributed by atoms with van der Waals surface area (Å²) in [6, 6.07) is 23.1. The number of amides is 3. The number of hydrogen-bond acceptors (Lipinski definition) is 7. The van der Waals surface area contributed by atoms with Crippen molar-refractivity contribution in [2.75, 3.05) is 31.8 Å². The van der Waals surface area contributed by atoms with Crippen LogP contribution in [0.2, 0.25) is 0 Å². The van der Waals surface area contributed by atoms with Crippen LogP contribution in [0.25, 0.3) is 16.8 Å². The van der Waals surface area contributed by atoms with Crippen molar-refractivity contribution < 1.29 is 45.1 Å². The molecule has 53 heavy (non-hydrogen) atoms. The van der Waals surface area contributed by atoms with Gasteiger partial charge in [0.2, 0.25) is 5.91 Å². The normalized spacial score (nSPS) is 11.5. The number of aromatic nitrogens is 2. The van der Waals surface area contributed by atoms with Crippen molar-refractivity contribution in [1.82, 2.24) is 20.4 Å². The summed E-state index contributed by atoms with van der Waals surface area (Å²) in [5.41, 5.74) is -1.66. The molecule has 4 aromatic carbocycles. The van der Waals surface area contributed by atoms with E-state index in [0.29, 0.717) is 23.7 Å². The Hall–Kier alpha value is -6.03. The lowest BCUT2D eigenvalue weighted by atomic mass is 10.0. The summed E-state index contributed by atoms with van der Waals surface area (Å²) in [7, 11) is -2.37. The molecule has 0 radical (unpaired) electrons. The van der Waals surface area contributed by atoms with Crippen LogP contribution in [0.1, 0.15) is 38.5 Å². The summed E-state index contributed by atoms with van der Waals surface area (Å²) in [4.78, 5) is 39.2. The number of sulfone groups is 1. The van der Waals surface area contributed by atoms with Crippen LogP contribution in [-0.2, 0) is 27.2 Å². The lowest BCUT2D eigenvalue weighted by molar-refractivity contribution is -0.141. The van der Waals surface area contributed by atoms with Crippen molar-refractivity contribution in [1.29, 1.82) is 0 Å². The fraction of sp³-hybridized carbons (Fsp3) is 0.189. The Morgan fingerprint density at radius 3 is 2.25 bits per heavy atom. The molecule has 0 bridgehead atoms. The second kappa shape index (κ2) is 16.1. The van der Waals surface area contributed by atoms with E-state index in [4.69, 9.17) is 4.74 Å². The number of carbonyl (C=O) groups is 3. The van der Waals surface area contributed by atoms with Crippen LogP contribution in [0.3, 0.4) is 0 Å². The van der Waals surface area contributed by atoms with Crippen molar-refractivity contribution in [2.24, 2.45) is 0 Å². The van der Waals surface area contributed by atoms with Crippen molar-refractivity contribution in [2.45, 2.75) is 23.9 Å². The van der Waals surface area contributed by atoms with Crippen LogP contribution < -0.4 is 20.7 Å².